The lowest BCUT2D eigenvalue weighted by Gasteiger charge is -2.32. The summed E-state index contributed by atoms with van der Waals surface area (Å²) in [5, 5.41) is 0. The quantitative estimate of drug-likeness (QED) is 0.733. The highest BCUT2D eigenvalue weighted by Crippen LogP contribution is 2.29. The molecule has 1 aliphatic heterocycles. The molecule has 1 aromatic heterocycles. The summed E-state index contributed by atoms with van der Waals surface area (Å²) >= 11 is 3.27. The van der Waals surface area contributed by atoms with E-state index in [-0.39, 0.29) is 12.8 Å². The van der Waals surface area contributed by atoms with E-state index in [9.17, 15) is 8.78 Å². The maximum Gasteiger partial charge on any atom is 0.251 e. The van der Waals surface area contributed by atoms with Crippen LogP contribution in [-0.2, 0) is 0 Å². The molecule has 0 saturated carbocycles. The molecule has 82 valence electrons. The summed E-state index contributed by atoms with van der Waals surface area (Å²) < 4.78 is 26.6. The predicted molar refractivity (Wildman–Crippen MR) is 58.3 cm³/mol. The molecule has 0 aliphatic carbocycles. The number of rotatable bonds is 1. The minimum absolute atomic E-state index is 0.0821. The largest absolute Gasteiger partial charge is 0.356 e. The van der Waals surface area contributed by atoms with E-state index in [1.807, 2.05) is 23.1 Å². The van der Waals surface area contributed by atoms with Crippen LogP contribution >= 0.6 is 15.9 Å². The molecular formula is C10H11BrF2N2. The van der Waals surface area contributed by atoms with Crippen LogP contribution in [0.1, 0.15) is 12.8 Å². The predicted octanol–water partition coefficient (Wildman–Crippen LogP) is 3.08. The number of pyridine rings is 1. The van der Waals surface area contributed by atoms with E-state index in [1.165, 1.54) is 0 Å². The average Bonchev–Trinajstić information content (AvgIpc) is 2.17. The van der Waals surface area contributed by atoms with Gasteiger partial charge in [-0.3, -0.25) is 0 Å². The van der Waals surface area contributed by atoms with Crippen LogP contribution in [0.2, 0.25) is 0 Å². The van der Waals surface area contributed by atoms with Gasteiger partial charge in [0.2, 0.25) is 0 Å². The second kappa shape index (κ2) is 4.04. The fourth-order valence-electron chi connectivity index (χ4n) is 1.64. The van der Waals surface area contributed by atoms with Crippen LogP contribution in [0.5, 0.6) is 0 Å². The monoisotopic (exact) mass is 276 g/mol. The zero-order valence-electron chi connectivity index (χ0n) is 8.09. The minimum Gasteiger partial charge on any atom is -0.356 e. The van der Waals surface area contributed by atoms with Gasteiger partial charge in [0.05, 0.1) is 0 Å². The normalized spacial score (nSPS) is 20.3. The van der Waals surface area contributed by atoms with E-state index in [4.69, 9.17) is 0 Å². The number of hydrogen-bond donors (Lipinski definition) is 0. The summed E-state index contributed by atoms with van der Waals surface area (Å²) in [7, 11) is 0. The molecule has 5 heteroatoms. The van der Waals surface area contributed by atoms with Crippen LogP contribution in [-0.4, -0.2) is 24.0 Å². The highest BCUT2D eigenvalue weighted by Gasteiger charge is 2.34. The van der Waals surface area contributed by atoms with Gasteiger partial charge < -0.3 is 4.90 Å². The van der Waals surface area contributed by atoms with Crippen LogP contribution in [0, 0.1) is 0 Å². The molecule has 0 amide bonds. The van der Waals surface area contributed by atoms with Crippen LogP contribution in [0.4, 0.5) is 14.6 Å². The van der Waals surface area contributed by atoms with Gasteiger partial charge in [0.25, 0.3) is 5.92 Å². The SMILES string of the molecule is FC1(F)CCN(c2cccc(Br)n2)CC1. The van der Waals surface area contributed by atoms with Gasteiger partial charge in [-0.05, 0) is 28.1 Å². The summed E-state index contributed by atoms with van der Waals surface area (Å²) in [6.45, 7) is 0.743. The first-order valence-electron chi connectivity index (χ1n) is 4.82. The third-order valence-corrected chi connectivity index (χ3v) is 2.96. The van der Waals surface area contributed by atoms with Gasteiger partial charge in [-0.1, -0.05) is 6.07 Å². The Balaban J connectivity index is 2.08. The van der Waals surface area contributed by atoms with Gasteiger partial charge in [0, 0.05) is 25.9 Å². The lowest BCUT2D eigenvalue weighted by Crippen LogP contribution is -2.39. The molecule has 1 fully saturated rings. The highest BCUT2D eigenvalue weighted by molar-refractivity contribution is 9.10. The first kappa shape index (κ1) is 10.8. The summed E-state index contributed by atoms with van der Waals surface area (Å²) in [5.74, 6) is -1.73. The summed E-state index contributed by atoms with van der Waals surface area (Å²) in [6.07, 6.45) is -0.164. The Morgan fingerprint density at radius 3 is 2.53 bits per heavy atom. The Hall–Kier alpha value is -0.710. The van der Waals surface area contributed by atoms with E-state index in [2.05, 4.69) is 20.9 Å². The van der Waals surface area contributed by atoms with Gasteiger partial charge in [0.1, 0.15) is 10.4 Å². The molecule has 2 heterocycles. The third kappa shape index (κ3) is 2.65. The topological polar surface area (TPSA) is 16.1 Å². The molecule has 0 aromatic carbocycles. The van der Waals surface area contributed by atoms with Crippen LogP contribution < -0.4 is 4.90 Å². The molecule has 2 rings (SSSR count). The van der Waals surface area contributed by atoms with Crippen molar-refractivity contribution < 1.29 is 8.78 Å². The van der Waals surface area contributed by atoms with Crippen LogP contribution in [0.3, 0.4) is 0 Å². The molecule has 0 N–H and O–H groups in total. The van der Waals surface area contributed by atoms with E-state index in [0.29, 0.717) is 13.1 Å². The number of piperidine rings is 1. The van der Waals surface area contributed by atoms with E-state index in [0.717, 1.165) is 10.4 Å². The lowest BCUT2D eigenvalue weighted by atomic mass is 10.1. The Labute approximate surface area is 95.4 Å². The number of nitrogens with zero attached hydrogens (tertiary/aromatic N) is 2. The molecule has 0 atom stereocenters. The van der Waals surface area contributed by atoms with E-state index in [1.54, 1.807) is 0 Å². The van der Waals surface area contributed by atoms with Crippen LogP contribution in [0.15, 0.2) is 22.8 Å². The zero-order chi connectivity index (χ0) is 10.9. The summed E-state index contributed by atoms with van der Waals surface area (Å²) in [4.78, 5) is 6.13. The zero-order valence-corrected chi connectivity index (χ0v) is 9.67. The van der Waals surface area contributed by atoms with Crippen molar-refractivity contribution in [2.24, 2.45) is 0 Å². The van der Waals surface area contributed by atoms with Crippen LogP contribution in [0.25, 0.3) is 0 Å². The molecule has 1 aliphatic rings. The maximum absolute atomic E-state index is 12.9. The van der Waals surface area contributed by atoms with E-state index >= 15 is 0 Å². The van der Waals surface area contributed by atoms with Crippen molar-refractivity contribution in [3.05, 3.63) is 22.8 Å². The molecule has 15 heavy (non-hydrogen) atoms. The van der Waals surface area contributed by atoms with E-state index < -0.39 is 5.92 Å². The van der Waals surface area contributed by atoms with Crippen molar-refractivity contribution in [1.82, 2.24) is 4.98 Å². The lowest BCUT2D eigenvalue weighted by molar-refractivity contribution is -0.0221. The number of alkyl halides is 2. The number of anilines is 1. The van der Waals surface area contributed by atoms with Gasteiger partial charge >= 0.3 is 0 Å². The summed E-state index contributed by atoms with van der Waals surface area (Å²) in [6, 6.07) is 5.52. The number of halogens is 3. The molecule has 0 unspecified atom stereocenters. The first-order valence-corrected chi connectivity index (χ1v) is 5.61. The Morgan fingerprint density at radius 1 is 1.27 bits per heavy atom. The van der Waals surface area contributed by atoms with Crippen molar-refractivity contribution in [2.45, 2.75) is 18.8 Å². The molecule has 2 nitrogen and oxygen atoms in total. The molecule has 0 bridgehead atoms. The van der Waals surface area contributed by atoms with Gasteiger partial charge in [-0.15, -0.1) is 0 Å². The highest BCUT2D eigenvalue weighted by atomic mass is 79.9. The maximum atomic E-state index is 12.9. The molecule has 1 aromatic rings. The van der Waals surface area contributed by atoms with Gasteiger partial charge in [0.15, 0.2) is 0 Å². The molecule has 0 spiro atoms. The van der Waals surface area contributed by atoms with Gasteiger partial charge in [-0.25, -0.2) is 13.8 Å². The van der Waals surface area contributed by atoms with Gasteiger partial charge in [-0.2, -0.15) is 0 Å². The number of aromatic nitrogens is 1. The van der Waals surface area contributed by atoms with Crippen molar-refractivity contribution in [3.63, 3.8) is 0 Å². The fraction of sp³-hybridized carbons (Fsp3) is 0.500. The standard InChI is InChI=1S/C10H11BrF2N2/c11-8-2-1-3-9(14-8)15-6-4-10(12,13)5-7-15/h1-3H,4-7H2. The second-order valence-corrected chi connectivity index (χ2v) is 4.47. The van der Waals surface area contributed by atoms with Crippen molar-refractivity contribution in [2.75, 3.05) is 18.0 Å². The van der Waals surface area contributed by atoms with Crippen molar-refractivity contribution in [1.29, 1.82) is 0 Å². The second-order valence-electron chi connectivity index (χ2n) is 3.66. The molecule has 0 radical (unpaired) electrons. The number of hydrogen-bond acceptors (Lipinski definition) is 2. The fourth-order valence-corrected chi connectivity index (χ4v) is 1.97. The van der Waals surface area contributed by atoms with Crippen molar-refractivity contribution >= 4 is 21.7 Å². The Bertz CT molecular complexity index is 347. The Morgan fingerprint density at radius 2 is 1.93 bits per heavy atom. The molecular weight excluding hydrogens is 266 g/mol. The third-order valence-electron chi connectivity index (χ3n) is 2.52. The first-order chi connectivity index (χ1) is 7.07. The smallest absolute Gasteiger partial charge is 0.251 e. The minimum atomic E-state index is -2.50. The Kier molecular flexibility index (Phi) is 2.91. The average molecular weight is 277 g/mol. The molecule has 1 saturated heterocycles. The summed E-state index contributed by atoms with van der Waals surface area (Å²) in [5.41, 5.74) is 0. The van der Waals surface area contributed by atoms with Crippen molar-refractivity contribution in [3.8, 4) is 0 Å².